The fourth-order valence-electron chi connectivity index (χ4n) is 3.32. The third-order valence-corrected chi connectivity index (χ3v) is 6.07. The molecule has 0 aliphatic carbocycles. The minimum atomic E-state index is -0.133. The molecule has 3 rings (SSSR count). The van der Waals surface area contributed by atoms with Gasteiger partial charge in [-0.25, -0.2) is 4.98 Å². The number of Topliss-reactive ketones (excluding diaryl/α,β-unsaturated/α-hetero) is 2. The highest BCUT2D eigenvalue weighted by molar-refractivity contribution is 9.10. The molecule has 2 heterocycles. The molecule has 0 atom stereocenters. The minimum absolute atomic E-state index is 0.0693. The van der Waals surface area contributed by atoms with E-state index in [1.165, 1.54) is 18.7 Å². The van der Waals surface area contributed by atoms with E-state index in [1.54, 1.807) is 30.5 Å². The second-order valence-electron chi connectivity index (χ2n) is 6.50. The van der Waals surface area contributed by atoms with Gasteiger partial charge in [0, 0.05) is 22.3 Å². The highest BCUT2D eigenvalue weighted by atomic mass is 79.9. The van der Waals surface area contributed by atoms with Crippen molar-refractivity contribution in [2.45, 2.75) is 39.4 Å². The topological polar surface area (TPSA) is 84.8 Å². The number of nitrogens with one attached hydrogen (secondary N) is 1. The van der Waals surface area contributed by atoms with Crippen molar-refractivity contribution in [1.29, 1.82) is 0 Å². The first-order valence-corrected chi connectivity index (χ1v) is 10.6. The molecule has 6 nitrogen and oxygen atoms in total. The van der Waals surface area contributed by atoms with E-state index in [4.69, 9.17) is 0 Å². The fraction of sp³-hybridized carbons (Fsp3) is 0.300. The predicted molar refractivity (Wildman–Crippen MR) is 115 cm³/mol. The Labute approximate surface area is 174 Å². The van der Waals surface area contributed by atoms with Crippen LogP contribution in [0.5, 0.6) is 0 Å². The maximum absolute atomic E-state index is 12.8. The number of aryl methyl sites for hydroxylation is 1. The molecule has 0 fully saturated rings. The van der Waals surface area contributed by atoms with Crippen molar-refractivity contribution in [3.63, 3.8) is 0 Å². The first kappa shape index (κ1) is 20.5. The Morgan fingerprint density at radius 2 is 2.00 bits per heavy atom. The molecule has 0 saturated carbocycles. The Hall–Kier alpha value is -2.19. The number of nitrogens with zero attached hydrogens (tertiary/aromatic N) is 2. The molecule has 0 unspecified atom stereocenters. The molecule has 8 heteroatoms. The lowest BCUT2D eigenvalue weighted by atomic mass is 10.1. The Balaban J connectivity index is 1.93. The summed E-state index contributed by atoms with van der Waals surface area (Å²) in [5.74, 6) is -0.0851. The van der Waals surface area contributed by atoms with Crippen molar-refractivity contribution in [3.05, 3.63) is 55.5 Å². The average molecular weight is 462 g/mol. The highest BCUT2D eigenvalue weighted by Gasteiger charge is 2.21. The molecule has 0 aliphatic rings. The van der Waals surface area contributed by atoms with Gasteiger partial charge in [0.15, 0.2) is 16.7 Å². The van der Waals surface area contributed by atoms with Gasteiger partial charge in [-0.1, -0.05) is 27.7 Å². The molecule has 3 aromatic rings. The number of benzene rings is 1. The minimum Gasteiger partial charge on any atom is -0.355 e. The molecular formula is C20H20BrN3O3S. The Kier molecular flexibility index (Phi) is 5.90. The van der Waals surface area contributed by atoms with Crippen LogP contribution >= 0.6 is 27.7 Å². The molecular weight excluding hydrogens is 442 g/mol. The second-order valence-corrected chi connectivity index (χ2v) is 8.36. The average Bonchev–Trinajstić information content (AvgIpc) is 2.95. The summed E-state index contributed by atoms with van der Waals surface area (Å²) in [6, 6.07) is 5.37. The predicted octanol–water partition coefficient (Wildman–Crippen LogP) is 4.30. The van der Waals surface area contributed by atoms with Crippen LogP contribution in [0.4, 0.5) is 0 Å². The molecule has 1 N–H and O–H groups in total. The molecule has 146 valence electrons. The summed E-state index contributed by atoms with van der Waals surface area (Å²) in [7, 11) is 0. The van der Waals surface area contributed by atoms with Crippen LogP contribution in [-0.4, -0.2) is 31.9 Å². The lowest BCUT2D eigenvalue weighted by Gasteiger charge is -2.11. The number of ketones is 2. The van der Waals surface area contributed by atoms with Crippen molar-refractivity contribution in [1.82, 2.24) is 14.5 Å². The second kappa shape index (κ2) is 8.05. The Morgan fingerprint density at radius 3 is 2.61 bits per heavy atom. The molecule has 0 saturated heterocycles. The van der Waals surface area contributed by atoms with Gasteiger partial charge in [-0.15, -0.1) is 0 Å². The zero-order valence-electron chi connectivity index (χ0n) is 16.1. The molecule has 28 heavy (non-hydrogen) atoms. The number of H-pyrrole nitrogens is 1. The molecule has 0 aliphatic heterocycles. The van der Waals surface area contributed by atoms with E-state index in [-0.39, 0.29) is 22.9 Å². The van der Waals surface area contributed by atoms with E-state index in [2.05, 4.69) is 25.9 Å². The van der Waals surface area contributed by atoms with Crippen LogP contribution in [0.1, 0.15) is 46.0 Å². The number of rotatable bonds is 6. The normalized spacial score (nSPS) is 11.2. The van der Waals surface area contributed by atoms with Crippen molar-refractivity contribution in [2.75, 3.05) is 5.75 Å². The third kappa shape index (κ3) is 3.71. The number of fused-ring (bicyclic) bond motifs is 1. The number of aromatic amines is 1. The lowest BCUT2D eigenvalue weighted by molar-refractivity contribution is 0.101. The number of hydrogen-bond acceptors (Lipinski definition) is 5. The van der Waals surface area contributed by atoms with Gasteiger partial charge in [-0.3, -0.25) is 19.0 Å². The summed E-state index contributed by atoms with van der Waals surface area (Å²) in [4.78, 5) is 44.9. The van der Waals surface area contributed by atoms with Gasteiger partial charge in [-0.05, 0) is 51.5 Å². The van der Waals surface area contributed by atoms with Gasteiger partial charge in [0.2, 0.25) is 0 Å². The van der Waals surface area contributed by atoms with E-state index < -0.39 is 0 Å². The first-order valence-electron chi connectivity index (χ1n) is 8.80. The lowest BCUT2D eigenvalue weighted by Crippen LogP contribution is -2.23. The number of aromatic nitrogens is 3. The largest absolute Gasteiger partial charge is 0.355 e. The Morgan fingerprint density at radius 1 is 1.29 bits per heavy atom. The maximum atomic E-state index is 12.8. The van der Waals surface area contributed by atoms with Crippen LogP contribution in [0.2, 0.25) is 0 Å². The van der Waals surface area contributed by atoms with Crippen LogP contribution in [0.15, 0.2) is 32.6 Å². The van der Waals surface area contributed by atoms with Crippen molar-refractivity contribution in [2.24, 2.45) is 0 Å². The van der Waals surface area contributed by atoms with E-state index in [9.17, 15) is 14.4 Å². The van der Waals surface area contributed by atoms with Gasteiger partial charge in [0.25, 0.3) is 5.56 Å². The summed E-state index contributed by atoms with van der Waals surface area (Å²) in [6.45, 7) is 7.37. The summed E-state index contributed by atoms with van der Waals surface area (Å²) in [5, 5.41) is 1.04. The van der Waals surface area contributed by atoms with Crippen LogP contribution in [-0.2, 0) is 6.54 Å². The number of halogens is 1. The van der Waals surface area contributed by atoms with E-state index in [0.717, 1.165) is 4.47 Å². The van der Waals surface area contributed by atoms with Crippen molar-refractivity contribution < 1.29 is 9.59 Å². The quantitative estimate of drug-likeness (QED) is 0.336. The van der Waals surface area contributed by atoms with Gasteiger partial charge >= 0.3 is 0 Å². The first-order chi connectivity index (χ1) is 13.2. The van der Waals surface area contributed by atoms with Crippen LogP contribution < -0.4 is 5.56 Å². The Bertz CT molecular complexity index is 1160. The molecule has 1 aromatic carbocycles. The standard InChI is InChI=1S/C20H20BrN3O3S/c1-5-24-19(27)14-8-13(21)6-7-15(14)23-20(24)28-9-16(26)18-10(2)17(12(4)25)11(3)22-18/h6-8,22H,5,9H2,1-4H3. The van der Waals surface area contributed by atoms with Crippen LogP contribution in [0, 0.1) is 13.8 Å². The number of hydrogen-bond donors (Lipinski definition) is 1. The summed E-state index contributed by atoms with van der Waals surface area (Å²) in [6.07, 6.45) is 0. The van der Waals surface area contributed by atoms with Crippen molar-refractivity contribution >= 4 is 50.2 Å². The zero-order chi connectivity index (χ0) is 20.6. The van der Waals surface area contributed by atoms with Gasteiger partial charge in [0.05, 0.1) is 22.3 Å². The monoisotopic (exact) mass is 461 g/mol. The summed E-state index contributed by atoms with van der Waals surface area (Å²) in [5.41, 5.74) is 2.82. The van der Waals surface area contributed by atoms with Crippen molar-refractivity contribution in [3.8, 4) is 0 Å². The summed E-state index contributed by atoms with van der Waals surface area (Å²) < 4.78 is 2.39. The molecule has 0 radical (unpaired) electrons. The summed E-state index contributed by atoms with van der Waals surface area (Å²) >= 11 is 4.60. The smallest absolute Gasteiger partial charge is 0.262 e. The highest BCUT2D eigenvalue weighted by Crippen LogP contribution is 2.24. The van der Waals surface area contributed by atoms with Gasteiger partial charge < -0.3 is 4.98 Å². The van der Waals surface area contributed by atoms with Crippen LogP contribution in [0.25, 0.3) is 10.9 Å². The van der Waals surface area contributed by atoms with Crippen LogP contribution in [0.3, 0.4) is 0 Å². The maximum Gasteiger partial charge on any atom is 0.262 e. The molecule has 0 amide bonds. The molecule has 0 bridgehead atoms. The number of thioether (sulfide) groups is 1. The van der Waals surface area contributed by atoms with Gasteiger partial charge in [0.1, 0.15) is 0 Å². The third-order valence-electron chi connectivity index (χ3n) is 4.60. The van der Waals surface area contributed by atoms with Gasteiger partial charge in [-0.2, -0.15) is 0 Å². The zero-order valence-corrected chi connectivity index (χ0v) is 18.5. The molecule has 0 spiro atoms. The number of carbonyl (C=O) groups excluding carboxylic acids is 2. The molecule has 2 aromatic heterocycles. The van der Waals surface area contributed by atoms with E-state index in [1.807, 2.05) is 13.0 Å². The van der Waals surface area contributed by atoms with E-state index >= 15 is 0 Å². The fourth-order valence-corrected chi connectivity index (χ4v) is 4.62. The SMILES string of the molecule is CCn1c(SCC(=O)c2[nH]c(C)c(C(C)=O)c2C)nc2ccc(Br)cc2c1=O. The number of carbonyl (C=O) groups is 2. The van der Waals surface area contributed by atoms with E-state index in [0.29, 0.717) is 45.1 Å².